The van der Waals surface area contributed by atoms with Crippen LogP contribution in [0.3, 0.4) is 0 Å². The third-order valence-electron chi connectivity index (χ3n) is 3.38. The monoisotopic (exact) mass is 305 g/mol. The Kier molecular flexibility index (Phi) is 3.80. The standard InChI is InChI=1S/C13H15N5O2S/c19-21(20,12-2-1-3-14-10-12)18-8-6-17(7-9-18)13-11-15-4-5-16-13/h1-5,10-11H,6-9H2. The van der Waals surface area contributed by atoms with Crippen molar-refractivity contribution in [2.24, 2.45) is 0 Å². The van der Waals surface area contributed by atoms with Gasteiger partial charge in [-0.25, -0.2) is 13.4 Å². The highest BCUT2D eigenvalue weighted by atomic mass is 32.2. The maximum Gasteiger partial charge on any atom is 0.244 e. The zero-order valence-corrected chi connectivity index (χ0v) is 12.1. The predicted octanol–water partition coefficient (Wildman–Crippen LogP) is 0.383. The molecule has 0 amide bonds. The SMILES string of the molecule is O=S(=O)(c1cccnc1)N1CCN(c2cnccn2)CC1. The van der Waals surface area contributed by atoms with Crippen LogP contribution in [0.2, 0.25) is 0 Å². The molecule has 0 aliphatic carbocycles. The van der Waals surface area contributed by atoms with Crippen LogP contribution >= 0.6 is 0 Å². The maximum absolute atomic E-state index is 12.5. The van der Waals surface area contributed by atoms with Crippen molar-refractivity contribution in [1.29, 1.82) is 0 Å². The lowest BCUT2D eigenvalue weighted by molar-refractivity contribution is 0.383. The van der Waals surface area contributed by atoms with E-state index in [1.807, 2.05) is 4.90 Å². The van der Waals surface area contributed by atoms with Crippen LogP contribution < -0.4 is 4.90 Å². The van der Waals surface area contributed by atoms with Crippen LogP contribution in [0.4, 0.5) is 5.82 Å². The molecule has 7 nitrogen and oxygen atoms in total. The first-order valence-corrected chi connectivity index (χ1v) is 8.03. The molecule has 0 unspecified atom stereocenters. The second kappa shape index (κ2) is 5.74. The molecule has 2 aromatic rings. The van der Waals surface area contributed by atoms with Gasteiger partial charge in [0.1, 0.15) is 10.7 Å². The molecule has 1 aliphatic rings. The van der Waals surface area contributed by atoms with E-state index >= 15 is 0 Å². The van der Waals surface area contributed by atoms with Crippen molar-refractivity contribution in [2.75, 3.05) is 31.1 Å². The number of piperazine rings is 1. The Morgan fingerprint density at radius 3 is 2.33 bits per heavy atom. The topological polar surface area (TPSA) is 79.3 Å². The summed E-state index contributed by atoms with van der Waals surface area (Å²) in [4.78, 5) is 14.4. The van der Waals surface area contributed by atoms with Crippen LogP contribution in [-0.4, -0.2) is 53.9 Å². The fraction of sp³-hybridized carbons (Fsp3) is 0.308. The van der Waals surface area contributed by atoms with Gasteiger partial charge in [-0.3, -0.25) is 9.97 Å². The van der Waals surface area contributed by atoms with Gasteiger partial charge in [-0.15, -0.1) is 0 Å². The summed E-state index contributed by atoms with van der Waals surface area (Å²) in [6, 6.07) is 3.19. The van der Waals surface area contributed by atoms with E-state index in [0.29, 0.717) is 26.2 Å². The molecule has 21 heavy (non-hydrogen) atoms. The molecule has 0 aromatic carbocycles. The molecule has 0 spiro atoms. The highest BCUT2D eigenvalue weighted by molar-refractivity contribution is 7.89. The highest BCUT2D eigenvalue weighted by Crippen LogP contribution is 2.18. The average Bonchev–Trinajstić information content (AvgIpc) is 2.57. The van der Waals surface area contributed by atoms with Gasteiger partial charge in [-0.1, -0.05) is 0 Å². The van der Waals surface area contributed by atoms with Gasteiger partial charge in [-0.2, -0.15) is 4.31 Å². The van der Waals surface area contributed by atoms with Crippen LogP contribution in [0.15, 0.2) is 48.0 Å². The number of pyridine rings is 1. The minimum atomic E-state index is -3.46. The Hall–Kier alpha value is -2.06. The number of hydrogen-bond donors (Lipinski definition) is 0. The van der Waals surface area contributed by atoms with Crippen LogP contribution in [0, 0.1) is 0 Å². The molecule has 3 heterocycles. The summed E-state index contributed by atoms with van der Waals surface area (Å²) in [7, 11) is -3.46. The van der Waals surface area contributed by atoms with Crippen molar-refractivity contribution in [3.63, 3.8) is 0 Å². The van der Waals surface area contributed by atoms with Gasteiger partial charge in [0.2, 0.25) is 10.0 Å². The van der Waals surface area contributed by atoms with E-state index in [1.54, 1.807) is 36.9 Å². The van der Waals surface area contributed by atoms with Crippen LogP contribution in [0.25, 0.3) is 0 Å². The van der Waals surface area contributed by atoms with Gasteiger partial charge in [0.25, 0.3) is 0 Å². The van der Waals surface area contributed by atoms with Crippen molar-refractivity contribution in [3.05, 3.63) is 43.1 Å². The summed E-state index contributed by atoms with van der Waals surface area (Å²) in [6.07, 6.45) is 7.88. The number of aromatic nitrogens is 3. The number of rotatable bonds is 3. The van der Waals surface area contributed by atoms with E-state index in [1.165, 1.54) is 10.5 Å². The molecule has 110 valence electrons. The molecule has 1 fully saturated rings. The number of anilines is 1. The summed E-state index contributed by atoms with van der Waals surface area (Å²) in [5, 5.41) is 0. The van der Waals surface area contributed by atoms with Crippen molar-refractivity contribution in [3.8, 4) is 0 Å². The smallest absolute Gasteiger partial charge is 0.244 e. The number of hydrogen-bond acceptors (Lipinski definition) is 6. The molecule has 0 radical (unpaired) electrons. The van der Waals surface area contributed by atoms with E-state index in [4.69, 9.17) is 0 Å². The summed E-state index contributed by atoms with van der Waals surface area (Å²) in [6.45, 7) is 2.04. The van der Waals surface area contributed by atoms with E-state index in [-0.39, 0.29) is 4.90 Å². The molecule has 1 saturated heterocycles. The molecule has 0 bridgehead atoms. The lowest BCUT2D eigenvalue weighted by Gasteiger charge is -2.34. The first kappa shape index (κ1) is 13.9. The third kappa shape index (κ3) is 2.86. The van der Waals surface area contributed by atoms with Crippen molar-refractivity contribution in [2.45, 2.75) is 4.90 Å². The summed E-state index contributed by atoms with van der Waals surface area (Å²) >= 11 is 0. The summed E-state index contributed by atoms with van der Waals surface area (Å²) in [5.41, 5.74) is 0. The van der Waals surface area contributed by atoms with Gasteiger partial charge >= 0.3 is 0 Å². The zero-order valence-electron chi connectivity index (χ0n) is 11.3. The van der Waals surface area contributed by atoms with E-state index < -0.39 is 10.0 Å². The van der Waals surface area contributed by atoms with Gasteiger partial charge in [0.15, 0.2) is 0 Å². The van der Waals surface area contributed by atoms with Crippen LogP contribution in [-0.2, 0) is 10.0 Å². The van der Waals surface area contributed by atoms with E-state index in [0.717, 1.165) is 5.82 Å². The van der Waals surface area contributed by atoms with Gasteiger partial charge in [-0.05, 0) is 12.1 Å². The normalized spacial score (nSPS) is 16.9. The lowest BCUT2D eigenvalue weighted by Crippen LogP contribution is -2.48. The molecule has 0 saturated carbocycles. The highest BCUT2D eigenvalue weighted by Gasteiger charge is 2.28. The number of nitrogens with zero attached hydrogens (tertiary/aromatic N) is 5. The Labute approximate surface area is 123 Å². The molecule has 2 aromatic heterocycles. The van der Waals surface area contributed by atoms with Crippen molar-refractivity contribution in [1.82, 2.24) is 19.3 Å². The molecular weight excluding hydrogens is 290 g/mol. The van der Waals surface area contributed by atoms with Crippen LogP contribution in [0.1, 0.15) is 0 Å². The zero-order chi connectivity index (χ0) is 14.7. The second-order valence-corrected chi connectivity index (χ2v) is 6.58. The molecule has 0 atom stereocenters. The third-order valence-corrected chi connectivity index (χ3v) is 5.27. The minimum Gasteiger partial charge on any atom is -0.353 e. The second-order valence-electron chi connectivity index (χ2n) is 4.64. The Bertz CT molecular complexity index is 685. The van der Waals surface area contributed by atoms with Crippen molar-refractivity contribution >= 4 is 15.8 Å². The molecule has 8 heteroatoms. The minimum absolute atomic E-state index is 0.234. The Balaban J connectivity index is 1.72. The number of sulfonamides is 1. The molecule has 1 aliphatic heterocycles. The van der Waals surface area contributed by atoms with Gasteiger partial charge in [0.05, 0.1) is 6.20 Å². The Morgan fingerprint density at radius 1 is 0.952 bits per heavy atom. The Morgan fingerprint density at radius 2 is 1.71 bits per heavy atom. The van der Waals surface area contributed by atoms with Gasteiger partial charge in [0, 0.05) is 51.0 Å². The quantitative estimate of drug-likeness (QED) is 0.816. The predicted molar refractivity (Wildman–Crippen MR) is 77.2 cm³/mol. The first-order valence-electron chi connectivity index (χ1n) is 6.59. The fourth-order valence-electron chi connectivity index (χ4n) is 2.26. The van der Waals surface area contributed by atoms with Crippen LogP contribution in [0.5, 0.6) is 0 Å². The summed E-state index contributed by atoms with van der Waals surface area (Å²) in [5.74, 6) is 0.774. The fourth-order valence-corrected chi connectivity index (χ4v) is 3.65. The lowest BCUT2D eigenvalue weighted by atomic mass is 10.3. The summed E-state index contributed by atoms with van der Waals surface area (Å²) < 4.78 is 26.4. The molecule has 0 N–H and O–H groups in total. The first-order chi connectivity index (χ1) is 10.2. The van der Waals surface area contributed by atoms with Crippen molar-refractivity contribution < 1.29 is 8.42 Å². The maximum atomic E-state index is 12.5. The van der Waals surface area contributed by atoms with E-state index in [2.05, 4.69) is 15.0 Å². The largest absolute Gasteiger partial charge is 0.353 e. The van der Waals surface area contributed by atoms with Gasteiger partial charge < -0.3 is 4.90 Å². The average molecular weight is 305 g/mol. The van der Waals surface area contributed by atoms with E-state index in [9.17, 15) is 8.42 Å². The molecule has 3 rings (SSSR count). The molecular formula is C13H15N5O2S.